The van der Waals surface area contributed by atoms with E-state index < -0.39 is 22.1 Å². The van der Waals surface area contributed by atoms with Gasteiger partial charge in [-0.15, -0.1) is 24.5 Å². The van der Waals surface area contributed by atoms with E-state index in [4.69, 9.17) is 4.74 Å². The van der Waals surface area contributed by atoms with Gasteiger partial charge in [0, 0.05) is 24.5 Å². The summed E-state index contributed by atoms with van der Waals surface area (Å²) in [6.07, 6.45) is -4.86. The van der Waals surface area contributed by atoms with Crippen molar-refractivity contribution < 1.29 is 35.9 Å². The van der Waals surface area contributed by atoms with Crippen LogP contribution in [0.1, 0.15) is 26.4 Å². The highest BCUT2D eigenvalue weighted by molar-refractivity contribution is 7.92. The third-order valence-electron chi connectivity index (χ3n) is 6.06. The van der Waals surface area contributed by atoms with Gasteiger partial charge in [-0.25, -0.2) is 8.42 Å². The maximum atomic E-state index is 13.7. The largest absolute Gasteiger partial charge is 0.573 e. The molecule has 2 heterocycles. The Balaban J connectivity index is 1.77. The molecule has 38 heavy (non-hydrogen) atoms. The number of hydrogen-bond acceptors (Lipinski definition) is 7. The van der Waals surface area contributed by atoms with E-state index in [1.165, 1.54) is 23.5 Å². The van der Waals surface area contributed by atoms with Crippen molar-refractivity contribution in [3.8, 4) is 5.75 Å². The molecule has 2 N–H and O–H groups in total. The number of thiophene rings is 1. The van der Waals surface area contributed by atoms with Crippen LogP contribution in [0, 0.1) is 20.8 Å². The monoisotopic (exact) mass is 569 g/mol. The molecular weight excluding hydrogens is 543 g/mol. The molecule has 0 saturated carbocycles. The Morgan fingerprint density at radius 1 is 1.03 bits per heavy atom. The summed E-state index contributed by atoms with van der Waals surface area (Å²) in [5, 5.41) is 4.66. The predicted molar refractivity (Wildman–Crippen MR) is 140 cm³/mol. The standard InChI is InChI=1S/C25H26F3N3O5S2/c1-15-21(29-24(32)20-5-4-14-37-20)16(2)23(17(3)22(15)31-10-12-35-13-11-31)38(33,34)30-18-6-8-19(9-7-18)36-25(26,27)28/h4-9,14,30H,10-13H2,1-3H3,(H,29,32). The van der Waals surface area contributed by atoms with E-state index in [1.807, 2.05) is 11.8 Å². The third kappa shape index (κ3) is 6.05. The molecule has 0 aliphatic carbocycles. The van der Waals surface area contributed by atoms with Crippen molar-refractivity contribution in [2.75, 3.05) is 41.2 Å². The molecule has 1 aliphatic heterocycles. The molecule has 2 aromatic carbocycles. The summed E-state index contributed by atoms with van der Waals surface area (Å²) < 4.78 is 76.6. The van der Waals surface area contributed by atoms with Gasteiger partial charge in [-0.1, -0.05) is 6.07 Å². The summed E-state index contributed by atoms with van der Waals surface area (Å²) in [7, 11) is -4.23. The van der Waals surface area contributed by atoms with E-state index in [1.54, 1.807) is 31.4 Å². The number of morpholine rings is 1. The minimum Gasteiger partial charge on any atom is -0.406 e. The first-order chi connectivity index (χ1) is 17.9. The van der Waals surface area contributed by atoms with Crippen LogP contribution >= 0.6 is 11.3 Å². The minimum absolute atomic E-state index is 0.0262. The number of anilines is 3. The molecule has 1 amide bonds. The second-order valence-corrected chi connectivity index (χ2v) is 11.2. The molecule has 13 heteroatoms. The number of nitrogens with zero attached hydrogens (tertiary/aromatic N) is 1. The van der Waals surface area contributed by atoms with Crippen LogP contribution in [0.2, 0.25) is 0 Å². The van der Waals surface area contributed by atoms with E-state index in [2.05, 4.69) is 14.8 Å². The summed E-state index contributed by atoms with van der Waals surface area (Å²) in [4.78, 5) is 15.4. The first-order valence-corrected chi connectivity index (χ1v) is 13.9. The fourth-order valence-electron chi connectivity index (χ4n) is 4.55. The highest BCUT2D eigenvalue weighted by Gasteiger charge is 2.32. The SMILES string of the molecule is Cc1c(NC(=O)c2cccs2)c(C)c(S(=O)(=O)Nc2ccc(OC(F)(F)F)cc2)c(C)c1N1CCOCC1. The zero-order valence-electron chi connectivity index (χ0n) is 20.8. The van der Waals surface area contributed by atoms with Crippen LogP contribution in [0.15, 0.2) is 46.7 Å². The summed E-state index contributed by atoms with van der Waals surface area (Å²) in [6.45, 7) is 7.16. The lowest BCUT2D eigenvalue weighted by atomic mass is 10.00. The van der Waals surface area contributed by atoms with Crippen molar-refractivity contribution in [1.29, 1.82) is 0 Å². The number of carbonyl (C=O) groups is 1. The van der Waals surface area contributed by atoms with Gasteiger partial charge in [0.1, 0.15) is 5.75 Å². The number of alkyl halides is 3. The van der Waals surface area contributed by atoms with E-state index in [0.29, 0.717) is 53.7 Å². The number of nitrogens with one attached hydrogen (secondary N) is 2. The van der Waals surface area contributed by atoms with Gasteiger partial charge >= 0.3 is 6.36 Å². The first kappa shape index (κ1) is 27.7. The van der Waals surface area contributed by atoms with Crippen molar-refractivity contribution >= 4 is 44.3 Å². The second-order valence-electron chi connectivity index (χ2n) is 8.64. The molecule has 0 unspecified atom stereocenters. The Labute approximate surface area is 222 Å². The lowest BCUT2D eigenvalue weighted by Crippen LogP contribution is -2.37. The molecule has 4 rings (SSSR count). The lowest BCUT2D eigenvalue weighted by molar-refractivity contribution is -0.274. The maximum absolute atomic E-state index is 13.7. The molecule has 0 atom stereocenters. The summed E-state index contributed by atoms with van der Waals surface area (Å²) in [5.74, 6) is -0.837. The fraction of sp³-hybridized carbons (Fsp3) is 0.320. The lowest BCUT2D eigenvalue weighted by Gasteiger charge is -2.34. The zero-order valence-corrected chi connectivity index (χ0v) is 22.4. The van der Waals surface area contributed by atoms with Crippen LogP contribution in [0.25, 0.3) is 0 Å². The number of amides is 1. The topological polar surface area (TPSA) is 97.0 Å². The Morgan fingerprint density at radius 3 is 2.26 bits per heavy atom. The highest BCUT2D eigenvalue weighted by Crippen LogP contribution is 2.40. The normalized spacial score (nSPS) is 14.3. The molecule has 1 fully saturated rings. The molecule has 3 aromatic rings. The van der Waals surface area contributed by atoms with Crippen LogP contribution in [0.4, 0.5) is 30.2 Å². The Hall–Kier alpha value is -3.29. The quantitative estimate of drug-likeness (QED) is 0.392. The Bertz CT molecular complexity index is 1420. The average molecular weight is 570 g/mol. The van der Waals surface area contributed by atoms with Crippen LogP contribution in [-0.4, -0.2) is 47.0 Å². The molecule has 1 aromatic heterocycles. The van der Waals surface area contributed by atoms with Gasteiger partial charge in [0.15, 0.2) is 0 Å². The van der Waals surface area contributed by atoms with Crippen LogP contribution in [0.3, 0.4) is 0 Å². The van der Waals surface area contributed by atoms with E-state index in [0.717, 1.165) is 17.7 Å². The summed E-state index contributed by atoms with van der Waals surface area (Å²) >= 11 is 1.26. The Kier molecular flexibility index (Phi) is 7.90. The van der Waals surface area contributed by atoms with Crippen molar-refractivity contribution in [2.45, 2.75) is 32.0 Å². The van der Waals surface area contributed by atoms with Crippen molar-refractivity contribution in [2.24, 2.45) is 0 Å². The number of benzene rings is 2. The molecule has 0 bridgehead atoms. The van der Waals surface area contributed by atoms with Crippen molar-refractivity contribution in [3.05, 3.63) is 63.3 Å². The van der Waals surface area contributed by atoms with Crippen LogP contribution in [-0.2, 0) is 14.8 Å². The molecule has 8 nitrogen and oxygen atoms in total. The number of rotatable bonds is 7. The van der Waals surface area contributed by atoms with Crippen LogP contribution in [0.5, 0.6) is 5.75 Å². The maximum Gasteiger partial charge on any atom is 0.573 e. The van der Waals surface area contributed by atoms with Gasteiger partial charge in [0.05, 0.1) is 28.7 Å². The number of halogens is 3. The Morgan fingerprint density at radius 2 is 1.68 bits per heavy atom. The molecule has 0 spiro atoms. The number of hydrogen-bond donors (Lipinski definition) is 2. The van der Waals surface area contributed by atoms with Crippen molar-refractivity contribution in [3.63, 3.8) is 0 Å². The average Bonchev–Trinajstić information content (AvgIpc) is 3.38. The molecule has 204 valence electrons. The number of sulfonamides is 1. The first-order valence-electron chi connectivity index (χ1n) is 11.6. The third-order valence-corrected chi connectivity index (χ3v) is 8.58. The van der Waals surface area contributed by atoms with Gasteiger partial charge in [-0.2, -0.15) is 0 Å². The van der Waals surface area contributed by atoms with Crippen LogP contribution < -0.4 is 19.7 Å². The molecular formula is C25H26F3N3O5S2. The van der Waals surface area contributed by atoms with E-state index in [9.17, 15) is 26.4 Å². The predicted octanol–water partition coefficient (Wildman–Crippen LogP) is 5.46. The number of ether oxygens (including phenoxy) is 2. The summed E-state index contributed by atoms with van der Waals surface area (Å²) in [5.41, 5.74) is 2.65. The fourth-order valence-corrected chi connectivity index (χ4v) is 6.72. The molecule has 0 radical (unpaired) electrons. The highest BCUT2D eigenvalue weighted by atomic mass is 32.2. The zero-order chi connectivity index (χ0) is 27.7. The van der Waals surface area contributed by atoms with Crippen molar-refractivity contribution in [1.82, 2.24) is 0 Å². The minimum atomic E-state index is -4.86. The summed E-state index contributed by atoms with van der Waals surface area (Å²) in [6, 6.07) is 7.82. The number of carbonyl (C=O) groups excluding carboxylic acids is 1. The van der Waals surface area contributed by atoms with Gasteiger partial charge in [0.2, 0.25) is 0 Å². The smallest absolute Gasteiger partial charge is 0.406 e. The van der Waals surface area contributed by atoms with E-state index in [-0.39, 0.29) is 16.5 Å². The van der Waals surface area contributed by atoms with E-state index >= 15 is 0 Å². The molecule has 1 aliphatic rings. The van der Waals surface area contributed by atoms with Gasteiger partial charge in [-0.05, 0) is 73.2 Å². The van der Waals surface area contributed by atoms with Gasteiger partial charge in [-0.3, -0.25) is 9.52 Å². The van der Waals surface area contributed by atoms with Gasteiger partial charge in [0.25, 0.3) is 15.9 Å². The molecule has 1 saturated heterocycles. The van der Waals surface area contributed by atoms with Gasteiger partial charge < -0.3 is 19.7 Å². The second kappa shape index (κ2) is 10.8.